The molecule has 1 spiro atoms. The maximum Gasteiger partial charge on any atom is 0.416 e. The highest BCUT2D eigenvalue weighted by Crippen LogP contribution is 2.54. The summed E-state index contributed by atoms with van der Waals surface area (Å²) in [6.45, 7) is 8.04. The van der Waals surface area contributed by atoms with E-state index >= 15 is 0 Å². The van der Waals surface area contributed by atoms with Crippen LogP contribution in [0.1, 0.15) is 52.0 Å². The largest absolute Gasteiger partial charge is 0.416 e. The molecule has 1 unspecified atom stereocenters. The van der Waals surface area contributed by atoms with E-state index in [1.807, 2.05) is 20.8 Å². The van der Waals surface area contributed by atoms with Gasteiger partial charge in [0.1, 0.15) is 6.33 Å². The summed E-state index contributed by atoms with van der Waals surface area (Å²) >= 11 is 0. The predicted molar refractivity (Wildman–Crippen MR) is 127 cm³/mol. The van der Waals surface area contributed by atoms with E-state index in [1.54, 1.807) is 10.7 Å². The summed E-state index contributed by atoms with van der Waals surface area (Å²) in [4.78, 5) is 6.66. The summed E-state index contributed by atoms with van der Waals surface area (Å²) < 4.78 is 62.2. The first-order chi connectivity index (χ1) is 16.2. The molecule has 1 aromatic heterocycles. The van der Waals surface area contributed by atoms with Crippen molar-refractivity contribution in [3.8, 4) is 11.4 Å². The van der Waals surface area contributed by atoms with Crippen LogP contribution in [-0.4, -0.2) is 58.7 Å². The van der Waals surface area contributed by atoms with Crippen LogP contribution in [0.3, 0.4) is 0 Å². The molecule has 6 rings (SSSR count). The zero-order valence-corrected chi connectivity index (χ0v) is 21.2. The van der Waals surface area contributed by atoms with Crippen molar-refractivity contribution in [3.63, 3.8) is 0 Å². The minimum atomic E-state index is -4.36. The number of benzene rings is 1. The molecular formula is C25H33F3N4O2S. The molecule has 2 aliphatic heterocycles. The molecule has 10 heteroatoms. The zero-order valence-electron chi connectivity index (χ0n) is 20.4. The third kappa shape index (κ3) is 5.28. The molecule has 0 radical (unpaired) electrons. The van der Waals surface area contributed by atoms with Gasteiger partial charge in [0.2, 0.25) is 0 Å². The number of rotatable bonds is 2. The first-order valence-electron chi connectivity index (χ1n) is 12.3. The van der Waals surface area contributed by atoms with Crippen LogP contribution in [0.15, 0.2) is 30.6 Å². The number of alkyl halides is 3. The summed E-state index contributed by atoms with van der Waals surface area (Å²) in [5.74, 6) is 3.30. The van der Waals surface area contributed by atoms with Gasteiger partial charge in [0, 0.05) is 23.6 Å². The van der Waals surface area contributed by atoms with Gasteiger partial charge < -0.3 is 0 Å². The molecule has 192 valence electrons. The van der Waals surface area contributed by atoms with Crippen LogP contribution in [0.5, 0.6) is 0 Å². The molecule has 35 heavy (non-hydrogen) atoms. The Balaban J connectivity index is 0.000000146. The number of fused-ring (bicyclic) bond motifs is 1. The fourth-order valence-corrected chi connectivity index (χ4v) is 8.19. The van der Waals surface area contributed by atoms with Crippen molar-refractivity contribution >= 4 is 9.84 Å². The normalized spacial score (nSPS) is 28.8. The van der Waals surface area contributed by atoms with Gasteiger partial charge in [-0.1, -0.05) is 12.1 Å². The summed E-state index contributed by atoms with van der Waals surface area (Å²) in [7, 11) is -2.65. The van der Waals surface area contributed by atoms with Gasteiger partial charge >= 0.3 is 6.18 Å². The standard InChI is InChI=1S/C13H14F3N3.C12H19NO2S/c1-12(2,3)19-8-17-11(18-19)9-5-4-6-10(7-9)13(14,15)16;14-16(15)7-12(8-16)1-2-13(6-12)11-4-9-3-10(9)5-11/h4-8H,1-3H3;9-11H,1-8H2/t;9-,10+,11?. The van der Waals surface area contributed by atoms with Gasteiger partial charge in [-0.3, -0.25) is 4.90 Å². The zero-order chi connectivity index (χ0) is 25.2. The first-order valence-corrected chi connectivity index (χ1v) is 14.1. The Hall–Kier alpha value is -1.94. The van der Waals surface area contributed by atoms with Crippen molar-refractivity contribution in [2.24, 2.45) is 17.3 Å². The van der Waals surface area contributed by atoms with Crippen molar-refractivity contribution in [1.29, 1.82) is 0 Å². The highest BCUT2D eigenvalue weighted by atomic mass is 32.2. The highest BCUT2D eigenvalue weighted by Gasteiger charge is 2.55. The number of nitrogens with zero attached hydrogens (tertiary/aromatic N) is 4. The van der Waals surface area contributed by atoms with E-state index in [0.29, 0.717) is 22.9 Å². The van der Waals surface area contributed by atoms with Gasteiger partial charge in [-0.15, -0.1) is 0 Å². The molecule has 3 heterocycles. The lowest BCUT2D eigenvalue weighted by atomic mass is 9.91. The second-order valence-electron chi connectivity index (χ2n) is 11.9. The lowest BCUT2D eigenvalue weighted by molar-refractivity contribution is -0.137. The van der Waals surface area contributed by atoms with E-state index in [0.717, 1.165) is 49.5 Å². The van der Waals surface area contributed by atoms with Crippen LogP contribution in [0, 0.1) is 17.3 Å². The van der Waals surface area contributed by atoms with E-state index in [4.69, 9.17) is 0 Å². The van der Waals surface area contributed by atoms with Crippen molar-refractivity contribution < 1.29 is 21.6 Å². The molecule has 3 atom stereocenters. The van der Waals surface area contributed by atoms with E-state index in [-0.39, 0.29) is 11.0 Å². The Kier molecular flexibility index (Phi) is 5.86. The van der Waals surface area contributed by atoms with Gasteiger partial charge in [-0.05, 0) is 77.0 Å². The Morgan fingerprint density at radius 1 is 1.06 bits per heavy atom. The summed E-state index contributed by atoms with van der Waals surface area (Å²) in [5, 5.41) is 4.21. The number of sulfone groups is 1. The van der Waals surface area contributed by atoms with Gasteiger partial charge in [-0.25, -0.2) is 18.1 Å². The lowest BCUT2D eigenvalue weighted by Gasteiger charge is -2.38. The Morgan fingerprint density at radius 3 is 2.31 bits per heavy atom. The van der Waals surface area contributed by atoms with Crippen molar-refractivity contribution in [3.05, 3.63) is 36.2 Å². The second kappa shape index (κ2) is 8.30. The maximum absolute atomic E-state index is 12.6. The number of aromatic nitrogens is 3. The van der Waals surface area contributed by atoms with Gasteiger partial charge in [0.15, 0.2) is 15.7 Å². The Morgan fingerprint density at radius 2 is 1.74 bits per heavy atom. The molecule has 0 bridgehead atoms. The highest BCUT2D eigenvalue weighted by molar-refractivity contribution is 7.92. The van der Waals surface area contributed by atoms with Crippen LogP contribution < -0.4 is 0 Å². The average molecular weight is 511 g/mol. The quantitative estimate of drug-likeness (QED) is 0.590. The number of likely N-dealkylation sites (tertiary alicyclic amines) is 1. The average Bonchev–Trinajstić information content (AvgIpc) is 3.17. The summed E-state index contributed by atoms with van der Waals surface area (Å²) in [6, 6.07) is 5.81. The van der Waals surface area contributed by atoms with Crippen LogP contribution >= 0.6 is 0 Å². The molecule has 0 N–H and O–H groups in total. The van der Waals surface area contributed by atoms with Crippen molar-refractivity contribution in [2.75, 3.05) is 24.6 Å². The van der Waals surface area contributed by atoms with Crippen LogP contribution in [0.4, 0.5) is 13.2 Å². The first kappa shape index (κ1) is 24.7. The van der Waals surface area contributed by atoms with Gasteiger partial charge in [-0.2, -0.15) is 18.3 Å². The van der Waals surface area contributed by atoms with E-state index in [9.17, 15) is 21.6 Å². The maximum atomic E-state index is 12.6. The topological polar surface area (TPSA) is 68.1 Å². The Bertz CT molecular complexity index is 1180. The minimum Gasteiger partial charge on any atom is -0.300 e. The molecule has 4 fully saturated rings. The molecule has 2 aromatic rings. The monoisotopic (exact) mass is 510 g/mol. The molecule has 1 aromatic carbocycles. The van der Waals surface area contributed by atoms with Crippen LogP contribution in [-0.2, 0) is 21.6 Å². The van der Waals surface area contributed by atoms with E-state index < -0.39 is 21.6 Å². The van der Waals surface area contributed by atoms with E-state index in [2.05, 4.69) is 15.0 Å². The smallest absolute Gasteiger partial charge is 0.300 e. The molecule has 2 aliphatic carbocycles. The number of hydrogen-bond donors (Lipinski definition) is 0. The Labute approximate surface area is 204 Å². The number of hydrogen-bond acceptors (Lipinski definition) is 5. The SMILES string of the molecule is CC(C)(C)n1cnc(-c2cccc(C(F)(F)F)c2)n1.O=S1(=O)CC2(CCN(C3C[C@@H]4C[C@@H]4C3)C2)C1. The lowest BCUT2D eigenvalue weighted by Crippen LogP contribution is -2.50. The van der Waals surface area contributed by atoms with E-state index in [1.165, 1.54) is 31.7 Å². The molecule has 4 aliphatic rings. The molecule has 6 nitrogen and oxygen atoms in total. The fourth-order valence-electron chi connectivity index (χ4n) is 5.94. The molecule has 0 amide bonds. The second-order valence-corrected chi connectivity index (χ2v) is 14.0. The summed E-state index contributed by atoms with van der Waals surface area (Å²) in [6.07, 6.45) is 2.56. The third-order valence-corrected chi connectivity index (χ3v) is 9.99. The van der Waals surface area contributed by atoms with Crippen molar-refractivity contribution in [1.82, 2.24) is 19.7 Å². The minimum absolute atomic E-state index is 0.172. The van der Waals surface area contributed by atoms with Crippen molar-refractivity contribution in [2.45, 2.75) is 64.2 Å². The third-order valence-electron chi connectivity index (χ3n) is 7.88. The van der Waals surface area contributed by atoms with Gasteiger partial charge in [0.05, 0.1) is 22.6 Å². The summed E-state index contributed by atoms with van der Waals surface area (Å²) in [5.41, 5.74) is -0.423. The van der Waals surface area contributed by atoms with Crippen LogP contribution in [0.2, 0.25) is 0 Å². The van der Waals surface area contributed by atoms with Gasteiger partial charge in [0.25, 0.3) is 0 Å². The van der Waals surface area contributed by atoms with Crippen LogP contribution in [0.25, 0.3) is 11.4 Å². The molecule has 2 saturated carbocycles. The predicted octanol–water partition coefficient (Wildman–Crippen LogP) is 4.62. The number of halogens is 3. The molecular weight excluding hydrogens is 477 g/mol. The fraction of sp³-hybridized carbons (Fsp3) is 0.680. The molecule has 2 saturated heterocycles.